The van der Waals surface area contributed by atoms with Gasteiger partial charge in [0.1, 0.15) is 11.6 Å². The van der Waals surface area contributed by atoms with Crippen LogP contribution in [0.1, 0.15) is 42.6 Å². The van der Waals surface area contributed by atoms with Crippen LogP contribution in [-0.2, 0) is 6.42 Å². The van der Waals surface area contributed by atoms with Gasteiger partial charge in [-0.2, -0.15) is 0 Å². The summed E-state index contributed by atoms with van der Waals surface area (Å²) in [5.41, 5.74) is 3.43. The average molecular weight is 309 g/mol. The van der Waals surface area contributed by atoms with E-state index in [1.807, 2.05) is 23.9 Å². The van der Waals surface area contributed by atoms with E-state index in [2.05, 4.69) is 47.4 Å². The fourth-order valence-corrected chi connectivity index (χ4v) is 3.00. The van der Waals surface area contributed by atoms with Crippen molar-refractivity contribution in [2.45, 2.75) is 39.0 Å². The molecular weight excluding hydrogens is 286 g/mol. The van der Waals surface area contributed by atoms with Crippen molar-refractivity contribution in [3.63, 3.8) is 0 Å². The van der Waals surface area contributed by atoms with Gasteiger partial charge in [-0.15, -0.1) is 0 Å². The van der Waals surface area contributed by atoms with E-state index >= 15 is 0 Å². The predicted octanol–water partition coefficient (Wildman–Crippen LogP) is 3.49. The first-order valence-corrected chi connectivity index (χ1v) is 8.21. The van der Waals surface area contributed by atoms with Crippen molar-refractivity contribution in [2.24, 2.45) is 0 Å². The minimum Gasteiger partial charge on any atom is -0.395 e. The van der Waals surface area contributed by atoms with Crippen LogP contribution in [-0.4, -0.2) is 26.2 Å². The summed E-state index contributed by atoms with van der Waals surface area (Å²) in [6, 6.07) is 2.07. The second kappa shape index (κ2) is 6.92. The molecule has 3 rings (SSSR count). The highest BCUT2D eigenvalue weighted by atomic mass is 16.3. The van der Waals surface area contributed by atoms with Crippen molar-refractivity contribution < 1.29 is 5.11 Å². The van der Waals surface area contributed by atoms with Gasteiger partial charge in [-0.3, -0.25) is 0 Å². The molecule has 0 spiro atoms. The topological polar surface area (TPSA) is 50.9 Å². The molecule has 0 aromatic carbocycles. The molecule has 23 heavy (non-hydrogen) atoms. The highest BCUT2D eigenvalue weighted by Crippen LogP contribution is 2.29. The summed E-state index contributed by atoms with van der Waals surface area (Å²) >= 11 is 0. The van der Waals surface area contributed by atoms with Gasteiger partial charge in [0, 0.05) is 30.1 Å². The van der Waals surface area contributed by atoms with E-state index in [1.165, 1.54) is 5.57 Å². The molecule has 0 bridgehead atoms. The number of allylic oxidation sites excluding steroid dienone is 3. The number of aryl methyl sites for hydroxylation is 2. The third-order valence-electron chi connectivity index (χ3n) is 4.31. The van der Waals surface area contributed by atoms with Crippen LogP contribution in [0.3, 0.4) is 0 Å². The van der Waals surface area contributed by atoms with Crippen molar-refractivity contribution in [3.05, 3.63) is 65.4 Å². The lowest BCUT2D eigenvalue weighted by Gasteiger charge is -2.17. The number of aliphatic hydroxyl groups excluding tert-OH is 1. The van der Waals surface area contributed by atoms with Gasteiger partial charge in [0.05, 0.1) is 6.61 Å². The van der Waals surface area contributed by atoms with Crippen LogP contribution in [0.15, 0.2) is 48.5 Å². The fraction of sp³-hybridized carbons (Fsp3) is 0.368. The van der Waals surface area contributed by atoms with Crippen molar-refractivity contribution in [2.75, 3.05) is 6.61 Å². The number of nitrogens with zero attached hydrogens (tertiary/aromatic N) is 3. The SMILES string of the molecule is CCc1cnc(C)nc1-n1ccc(C(CO)C2=CCCC=C2)c1. The third kappa shape index (κ3) is 3.27. The minimum absolute atomic E-state index is 0.0285. The summed E-state index contributed by atoms with van der Waals surface area (Å²) in [6.07, 6.45) is 15.6. The molecule has 2 aromatic heterocycles. The van der Waals surface area contributed by atoms with Crippen LogP contribution in [0.5, 0.6) is 0 Å². The van der Waals surface area contributed by atoms with Gasteiger partial charge in [-0.05, 0) is 43.4 Å². The van der Waals surface area contributed by atoms with Crippen molar-refractivity contribution in [1.82, 2.24) is 14.5 Å². The summed E-state index contributed by atoms with van der Waals surface area (Å²) in [5, 5.41) is 9.85. The minimum atomic E-state index is 0.0285. The lowest BCUT2D eigenvalue weighted by Crippen LogP contribution is -2.07. The lowest BCUT2D eigenvalue weighted by atomic mass is 9.90. The zero-order chi connectivity index (χ0) is 16.2. The second-order valence-electron chi connectivity index (χ2n) is 5.89. The first-order valence-electron chi connectivity index (χ1n) is 8.21. The maximum absolute atomic E-state index is 9.85. The Morgan fingerprint density at radius 3 is 2.91 bits per heavy atom. The molecule has 1 aliphatic carbocycles. The number of aromatic nitrogens is 3. The Labute approximate surface area is 137 Å². The van der Waals surface area contributed by atoms with E-state index in [4.69, 9.17) is 0 Å². The molecule has 0 fully saturated rings. The number of rotatable bonds is 5. The second-order valence-corrected chi connectivity index (χ2v) is 5.89. The van der Waals surface area contributed by atoms with Gasteiger partial charge < -0.3 is 9.67 Å². The standard InChI is InChI=1S/C19H23N3O/c1-3-15-11-20-14(2)21-19(15)22-10-9-17(12-22)18(13-23)16-7-5-4-6-8-16/h5,7-12,18,23H,3-4,6,13H2,1-2H3. The highest BCUT2D eigenvalue weighted by Gasteiger charge is 2.17. The van der Waals surface area contributed by atoms with Crippen LogP contribution in [0.2, 0.25) is 0 Å². The van der Waals surface area contributed by atoms with E-state index in [1.54, 1.807) is 0 Å². The summed E-state index contributed by atoms with van der Waals surface area (Å²) in [4.78, 5) is 8.87. The number of hydrogen-bond acceptors (Lipinski definition) is 3. The van der Waals surface area contributed by atoms with E-state index < -0.39 is 0 Å². The monoisotopic (exact) mass is 309 g/mol. The molecule has 0 saturated carbocycles. The Morgan fingerprint density at radius 2 is 2.22 bits per heavy atom. The average Bonchev–Trinajstić information content (AvgIpc) is 3.06. The van der Waals surface area contributed by atoms with Gasteiger partial charge in [0.25, 0.3) is 0 Å². The molecule has 2 aromatic rings. The molecule has 0 radical (unpaired) electrons. The molecule has 1 unspecified atom stereocenters. The molecule has 1 aliphatic rings. The molecule has 4 heteroatoms. The van der Waals surface area contributed by atoms with Crippen LogP contribution >= 0.6 is 0 Å². The normalized spacial score (nSPS) is 15.5. The van der Waals surface area contributed by atoms with Crippen molar-refractivity contribution in [3.8, 4) is 5.82 Å². The Morgan fingerprint density at radius 1 is 1.35 bits per heavy atom. The maximum Gasteiger partial charge on any atom is 0.143 e. The quantitative estimate of drug-likeness (QED) is 0.920. The Hall–Kier alpha value is -2.20. The summed E-state index contributed by atoms with van der Waals surface area (Å²) in [5.74, 6) is 1.72. The van der Waals surface area contributed by atoms with E-state index in [0.717, 1.165) is 42.0 Å². The summed E-state index contributed by atoms with van der Waals surface area (Å²) < 4.78 is 2.04. The van der Waals surface area contributed by atoms with Crippen molar-refractivity contribution >= 4 is 0 Å². The molecule has 1 atom stereocenters. The van der Waals surface area contributed by atoms with Gasteiger partial charge in [0.2, 0.25) is 0 Å². The summed E-state index contributed by atoms with van der Waals surface area (Å²) in [6.45, 7) is 4.13. The zero-order valence-electron chi connectivity index (χ0n) is 13.7. The van der Waals surface area contributed by atoms with Gasteiger partial charge in [-0.1, -0.05) is 25.2 Å². The van der Waals surface area contributed by atoms with Crippen LogP contribution < -0.4 is 0 Å². The molecule has 0 aliphatic heterocycles. The Balaban J connectivity index is 1.95. The smallest absolute Gasteiger partial charge is 0.143 e. The van der Waals surface area contributed by atoms with Gasteiger partial charge in [-0.25, -0.2) is 9.97 Å². The molecule has 0 amide bonds. The molecule has 1 N–H and O–H groups in total. The fourth-order valence-electron chi connectivity index (χ4n) is 3.00. The van der Waals surface area contributed by atoms with Gasteiger partial charge >= 0.3 is 0 Å². The Bertz CT molecular complexity index is 743. The Kier molecular flexibility index (Phi) is 4.72. The molecule has 120 valence electrons. The van der Waals surface area contributed by atoms with E-state index in [-0.39, 0.29) is 12.5 Å². The predicted molar refractivity (Wildman–Crippen MR) is 91.8 cm³/mol. The maximum atomic E-state index is 9.85. The first kappa shape index (κ1) is 15.7. The molecule has 4 nitrogen and oxygen atoms in total. The molecular formula is C19H23N3O. The van der Waals surface area contributed by atoms with Crippen LogP contribution in [0.4, 0.5) is 0 Å². The third-order valence-corrected chi connectivity index (χ3v) is 4.31. The first-order chi connectivity index (χ1) is 11.2. The largest absolute Gasteiger partial charge is 0.395 e. The van der Waals surface area contributed by atoms with Crippen LogP contribution in [0.25, 0.3) is 5.82 Å². The van der Waals surface area contributed by atoms with E-state index in [9.17, 15) is 5.11 Å². The molecule has 0 saturated heterocycles. The lowest BCUT2D eigenvalue weighted by molar-refractivity contribution is 0.280. The van der Waals surface area contributed by atoms with E-state index in [0.29, 0.717) is 0 Å². The number of aliphatic hydroxyl groups is 1. The van der Waals surface area contributed by atoms with Crippen LogP contribution in [0, 0.1) is 6.92 Å². The zero-order valence-corrected chi connectivity index (χ0v) is 13.7. The molecule has 2 heterocycles. The number of hydrogen-bond donors (Lipinski definition) is 1. The van der Waals surface area contributed by atoms with Crippen molar-refractivity contribution in [1.29, 1.82) is 0 Å². The van der Waals surface area contributed by atoms with Gasteiger partial charge in [0.15, 0.2) is 0 Å². The summed E-state index contributed by atoms with van der Waals surface area (Å²) in [7, 11) is 0. The highest BCUT2D eigenvalue weighted by molar-refractivity contribution is 5.39.